The summed E-state index contributed by atoms with van der Waals surface area (Å²) in [4.78, 5) is 15.9. The Balaban J connectivity index is 2.32. The summed E-state index contributed by atoms with van der Waals surface area (Å²) in [6, 6.07) is 0. The van der Waals surface area contributed by atoms with Crippen LogP contribution in [-0.4, -0.2) is 59.1 Å². The third-order valence-corrected chi connectivity index (χ3v) is 2.83. The number of amides is 1. The van der Waals surface area contributed by atoms with Gasteiger partial charge in [0.25, 0.3) is 0 Å². The van der Waals surface area contributed by atoms with Crippen molar-refractivity contribution >= 4 is 5.91 Å². The molecule has 0 aliphatic carbocycles. The van der Waals surface area contributed by atoms with Gasteiger partial charge in [-0.1, -0.05) is 13.8 Å². The van der Waals surface area contributed by atoms with E-state index in [0.29, 0.717) is 19.6 Å². The molecule has 0 aromatic rings. The van der Waals surface area contributed by atoms with Gasteiger partial charge in [0, 0.05) is 26.2 Å². The Bertz CT molecular complexity index is 227. The molecule has 16 heavy (non-hydrogen) atoms. The van der Waals surface area contributed by atoms with Gasteiger partial charge < -0.3 is 10.0 Å². The van der Waals surface area contributed by atoms with E-state index in [-0.39, 0.29) is 5.91 Å². The summed E-state index contributed by atoms with van der Waals surface area (Å²) in [6.45, 7) is 9.36. The fraction of sp³-hybridized carbons (Fsp3) is 0.917. The van der Waals surface area contributed by atoms with Crippen LogP contribution in [0.1, 0.15) is 33.6 Å². The van der Waals surface area contributed by atoms with Crippen molar-refractivity contribution in [3.63, 3.8) is 0 Å². The molecule has 0 saturated carbocycles. The molecule has 0 bridgehead atoms. The van der Waals surface area contributed by atoms with E-state index in [4.69, 9.17) is 0 Å². The van der Waals surface area contributed by atoms with Gasteiger partial charge in [0.05, 0.1) is 12.1 Å². The Kier molecular flexibility index (Phi) is 4.74. The van der Waals surface area contributed by atoms with Crippen LogP contribution in [-0.2, 0) is 4.79 Å². The van der Waals surface area contributed by atoms with Gasteiger partial charge in [0.1, 0.15) is 0 Å². The molecule has 94 valence electrons. The van der Waals surface area contributed by atoms with Crippen molar-refractivity contribution in [2.45, 2.75) is 39.2 Å². The maximum atomic E-state index is 11.9. The maximum absolute atomic E-state index is 11.9. The van der Waals surface area contributed by atoms with Gasteiger partial charge in [-0.15, -0.1) is 0 Å². The molecular formula is C12H24N2O2. The van der Waals surface area contributed by atoms with Crippen LogP contribution in [0.4, 0.5) is 0 Å². The number of nitrogens with zero attached hydrogens (tertiary/aromatic N) is 2. The van der Waals surface area contributed by atoms with Crippen LogP contribution in [0.2, 0.25) is 0 Å². The Morgan fingerprint density at radius 1 is 1.31 bits per heavy atom. The molecule has 0 atom stereocenters. The summed E-state index contributed by atoms with van der Waals surface area (Å²) in [5.41, 5.74) is -0.583. The zero-order valence-electron chi connectivity index (χ0n) is 10.7. The van der Waals surface area contributed by atoms with Crippen LogP contribution < -0.4 is 0 Å². The second-order valence-corrected chi connectivity index (χ2v) is 5.02. The summed E-state index contributed by atoms with van der Waals surface area (Å²) < 4.78 is 0. The SMILES string of the molecule is CCCN(CCC)C(=O)CN1CC(C)(O)C1. The minimum absolute atomic E-state index is 0.194. The topological polar surface area (TPSA) is 43.8 Å². The average Bonchev–Trinajstić information content (AvgIpc) is 2.14. The summed E-state index contributed by atoms with van der Waals surface area (Å²) in [7, 11) is 0. The second-order valence-electron chi connectivity index (χ2n) is 5.02. The lowest BCUT2D eigenvalue weighted by Gasteiger charge is -2.44. The first-order valence-corrected chi connectivity index (χ1v) is 6.21. The van der Waals surface area contributed by atoms with E-state index < -0.39 is 5.60 Å². The zero-order valence-corrected chi connectivity index (χ0v) is 10.7. The molecule has 0 aromatic heterocycles. The van der Waals surface area contributed by atoms with Crippen LogP contribution >= 0.6 is 0 Å². The summed E-state index contributed by atoms with van der Waals surface area (Å²) in [5.74, 6) is 0.194. The Morgan fingerprint density at radius 3 is 2.19 bits per heavy atom. The quantitative estimate of drug-likeness (QED) is 0.728. The third-order valence-electron chi connectivity index (χ3n) is 2.83. The first-order valence-electron chi connectivity index (χ1n) is 6.21. The van der Waals surface area contributed by atoms with E-state index in [1.807, 2.05) is 16.7 Å². The van der Waals surface area contributed by atoms with Gasteiger partial charge >= 0.3 is 0 Å². The molecule has 1 heterocycles. The predicted octanol–water partition coefficient (Wildman–Crippen LogP) is 0.702. The highest BCUT2D eigenvalue weighted by molar-refractivity contribution is 5.78. The fourth-order valence-electron chi connectivity index (χ4n) is 2.22. The Hall–Kier alpha value is -0.610. The molecule has 0 unspecified atom stereocenters. The number of hydrogen-bond acceptors (Lipinski definition) is 3. The highest BCUT2D eigenvalue weighted by atomic mass is 16.3. The van der Waals surface area contributed by atoms with Crippen LogP contribution in [0.25, 0.3) is 0 Å². The van der Waals surface area contributed by atoms with Gasteiger partial charge in [-0.05, 0) is 19.8 Å². The molecule has 1 amide bonds. The van der Waals surface area contributed by atoms with Crippen molar-refractivity contribution in [1.29, 1.82) is 0 Å². The largest absolute Gasteiger partial charge is 0.388 e. The van der Waals surface area contributed by atoms with E-state index >= 15 is 0 Å². The molecule has 1 aliphatic heterocycles. The molecule has 1 saturated heterocycles. The molecule has 0 radical (unpaired) electrons. The van der Waals surface area contributed by atoms with E-state index in [9.17, 15) is 9.90 Å². The number of aliphatic hydroxyl groups is 1. The van der Waals surface area contributed by atoms with Crippen molar-refractivity contribution in [2.75, 3.05) is 32.7 Å². The van der Waals surface area contributed by atoms with E-state index in [1.54, 1.807) is 0 Å². The van der Waals surface area contributed by atoms with Crippen LogP contribution in [0.15, 0.2) is 0 Å². The summed E-state index contributed by atoms with van der Waals surface area (Å²) >= 11 is 0. The molecule has 1 N–H and O–H groups in total. The predicted molar refractivity (Wildman–Crippen MR) is 64.2 cm³/mol. The number of β-amino-alcohol motifs (C(OH)–C–C–N with tert-alkyl or cyclic N) is 1. The first-order chi connectivity index (χ1) is 7.48. The van der Waals surface area contributed by atoms with Crippen LogP contribution in [0.5, 0.6) is 0 Å². The number of hydrogen-bond donors (Lipinski definition) is 1. The van der Waals surface area contributed by atoms with Gasteiger partial charge in [0.2, 0.25) is 5.91 Å². The highest BCUT2D eigenvalue weighted by Gasteiger charge is 2.37. The molecule has 0 spiro atoms. The average molecular weight is 228 g/mol. The lowest BCUT2D eigenvalue weighted by molar-refractivity contribution is -0.139. The fourth-order valence-corrected chi connectivity index (χ4v) is 2.22. The lowest BCUT2D eigenvalue weighted by atomic mass is 9.97. The number of carbonyl (C=O) groups is 1. The Morgan fingerprint density at radius 2 is 1.81 bits per heavy atom. The van der Waals surface area contributed by atoms with Gasteiger partial charge in [-0.25, -0.2) is 0 Å². The van der Waals surface area contributed by atoms with E-state index in [2.05, 4.69) is 13.8 Å². The zero-order chi connectivity index (χ0) is 12.2. The number of rotatable bonds is 6. The Labute approximate surface area is 98.2 Å². The molecule has 4 nitrogen and oxygen atoms in total. The van der Waals surface area contributed by atoms with Gasteiger partial charge in [-0.3, -0.25) is 9.69 Å². The number of carbonyl (C=O) groups excluding carboxylic acids is 1. The molecule has 1 aliphatic rings. The maximum Gasteiger partial charge on any atom is 0.236 e. The molecular weight excluding hydrogens is 204 g/mol. The number of likely N-dealkylation sites (tertiary alicyclic amines) is 1. The van der Waals surface area contributed by atoms with Crippen molar-refractivity contribution < 1.29 is 9.90 Å². The second kappa shape index (κ2) is 5.64. The molecule has 4 heteroatoms. The minimum Gasteiger partial charge on any atom is -0.388 e. The van der Waals surface area contributed by atoms with Crippen molar-refractivity contribution in [3.05, 3.63) is 0 Å². The van der Waals surface area contributed by atoms with E-state index in [0.717, 1.165) is 25.9 Å². The molecule has 1 fully saturated rings. The smallest absolute Gasteiger partial charge is 0.236 e. The summed E-state index contributed by atoms with van der Waals surface area (Å²) in [6.07, 6.45) is 2.01. The monoisotopic (exact) mass is 228 g/mol. The molecule has 0 aromatic carbocycles. The van der Waals surface area contributed by atoms with Crippen molar-refractivity contribution in [1.82, 2.24) is 9.80 Å². The minimum atomic E-state index is -0.583. The van der Waals surface area contributed by atoms with Gasteiger partial charge in [0.15, 0.2) is 0 Å². The summed E-state index contributed by atoms with van der Waals surface area (Å²) in [5, 5.41) is 9.58. The standard InChI is InChI=1S/C12H24N2O2/c1-4-6-14(7-5-2)11(15)8-13-9-12(3,16)10-13/h16H,4-10H2,1-3H3. The lowest BCUT2D eigenvalue weighted by Crippen LogP contribution is -2.61. The third kappa shape index (κ3) is 3.76. The first kappa shape index (κ1) is 13.5. The highest BCUT2D eigenvalue weighted by Crippen LogP contribution is 2.19. The van der Waals surface area contributed by atoms with Crippen molar-refractivity contribution in [3.8, 4) is 0 Å². The van der Waals surface area contributed by atoms with E-state index in [1.165, 1.54) is 0 Å². The normalized spacial score (nSPS) is 19.2. The van der Waals surface area contributed by atoms with Crippen molar-refractivity contribution in [2.24, 2.45) is 0 Å². The van der Waals surface area contributed by atoms with Crippen LogP contribution in [0, 0.1) is 0 Å². The molecule has 1 rings (SSSR count). The van der Waals surface area contributed by atoms with Gasteiger partial charge in [-0.2, -0.15) is 0 Å². The van der Waals surface area contributed by atoms with Crippen LogP contribution in [0.3, 0.4) is 0 Å².